The van der Waals surface area contributed by atoms with Gasteiger partial charge < -0.3 is 10.6 Å². The van der Waals surface area contributed by atoms with Gasteiger partial charge in [-0.3, -0.25) is 9.69 Å². The fourth-order valence-electron chi connectivity index (χ4n) is 2.42. The number of carbonyl (C=O) groups excluding carboxylic acids is 1. The van der Waals surface area contributed by atoms with Crippen molar-refractivity contribution in [3.63, 3.8) is 0 Å². The third kappa shape index (κ3) is 4.28. The van der Waals surface area contributed by atoms with Crippen LogP contribution in [-0.2, 0) is 11.2 Å². The molecular formula is C15H22FN3O. The molecule has 1 fully saturated rings. The minimum absolute atomic E-state index is 0.120. The molecule has 0 unspecified atom stereocenters. The van der Waals surface area contributed by atoms with Gasteiger partial charge in [-0.25, -0.2) is 4.39 Å². The molecular weight excluding hydrogens is 257 g/mol. The number of amides is 1. The predicted molar refractivity (Wildman–Crippen MR) is 76.8 cm³/mol. The van der Waals surface area contributed by atoms with E-state index >= 15 is 0 Å². The molecule has 1 aliphatic heterocycles. The highest BCUT2D eigenvalue weighted by Gasteiger charge is 2.20. The molecule has 0 aliphatic carbocycles. The first kappa shape index (κ1) is 14.9. The Balaban J connectivity index is 1.78. The van der Waals surface area contributed by atoms with Crippen LogP contribution in [0.5, 0.6) is 0 Å². The normalized spacial score (nSPS) is 16.4. The summed E-state index contributed by atoms with van der Waals surface area (Å²) in [4.78, 5) is 16.4. The third-order valence-electron chi connectivity index (χ3n) is 3.67. The van der Waals surface area contributed by atoms with E-state index < -0.39 is 0 Å². The molecule has 1 aromatic rings. The summed E-state index contributed by atoms with van der Waals surface area (Å²) in [7, 11) is 0. The molecule has 2 rings (SSSR count). The third-order valence-corrected chi connectivity index (χ3v) is 3.67. The van der Waals surface area contributed by atoms with Crippen molar-refractivity contribution in [1.29, 1.82) is 0 Å². The predicted octanol–water partition coefficient (Wildman–Crippen LogP) is 0.861. The molecule has 0 saturated carbocycles. The van der Waals surface area contributed by atoms with Gasteiger partial charge in [0.15, 0.2) is 0 Å². The maximum atomic E-state index is 12.8. The summed E-state index contributed by atoms with van der Waals surface area (Å²) in [6.07, 6.45) is 1.35. The molecule has 0 bridgehead atoms. The zero-order chi connectivity index (χ0) is 14.4. The monoisotopic (exact) mass is 279 g/mol. The summed E-state index contributed by atoms with van der Waals surface area (Å²) >= 11 is 0. The van der Waals surface area contributed by atoms with Crippen LogP contribution < -0.4 is 5.73 Å². The molecule has 20 heavy (non-hydrogen) atoms. The molecule has 1 amide bonds. The molecule has 0 atom stereocenters. The Morgan fingerprint density at radius 3 is 2.40 bits per heavy atom. The van der Waals surface area contributed by atoms with Crippen molar-refractivity contribution in [2.24, 2.45) is 5.73 Å². The Kier molecular flexibility index (Phi) is 5.49. The minimum atomic E-state index is -0.269. The van der Waals surface area contributed by atoms with E-state index in [2.05, 4.69) is 4.90 Å². The number of nitrogens with two attached hydrogens (primary N) is 1. The lowest BCUT2D eigenvalue weighted by atomic mass is 10.1. The second-order valence-corrected chi connectivity index (χ2v) is 5.17. The van der Waals surface area contributed by atoms with E-state index in [1.165, 1.54) is 12.1 Å². The molecule has 1 aliphatic rings. The SMILES string of the molecule is NCCCN1CCN(C(=O)Cc2ccc(F)cc2)CC1. The minimum Gasteiger partial charge on any atom is -0.340 e. The van der Waals surface area contributed by atoms with Crippen LogP contribution in [0.25, 0.3) is 0 Å². The number of piperazine rings is 1. The lowest BCUT2D eigenvalue weighted by Gasteiger charge is -2.34. The summed E-state index contributed by atoms with van der Waals surface area (Å²) in [5, 5.41) is 0. The average Bonchev–Trinajstić information content (AvgIpc) is 2.48. The number of nitrogens with zero attached hydrogens (tertiary/aromatic N) is 2. The molecule has 5 heteroatoms. The van der Waals surface area contributed by atoms with E-state index in [9.17, 15) is 9.18 Å². The first-order chi connectivity index (χ1) is 9.69. The highest BCUT2D eigenvalue weighted by Crippen LogP contribution is 2.08. The van der Waals surface area contributed by atoms with E-state index in [-0.39, 0.29) is 11.7 Å². The molecule has 0 radical (unpaired) electrons. The smallest absolute Gasteiger partial charge is 0.227 e. The summed E-state index contributed by atoms with van der Waals surface area (Å²) in [5.74, 6) is -0.148. The number of benzene rings is 1. The van der Waals surface area contributed by atoms with Crippen molar-refractivity contribution in [2.45, 2.75) is 12.8 Å². The van der Waals surface area contributed by atoms with E-state index in [1.54, 1.807) is 12.1 Å². The Hall–Kier alpha value is -1.46. The first-order valence-electron chi connectivity index (χ1n) is 7.13. The van der Waals surface area contributed by atoms with Gasteiger partial charge in [-0.15, -0.1) is 0 Å². The molecule has 1 heterocycles. The lowest BCUT2D eigenvalue weighted by Crippen LogP contribution is -2.49. The van der Waals surface area contributed by atoms with Crippen LogP contribution in [0.2, 0.25) is 0 Å². The maximum absolute atomic E-state index is 12.8. The van der Waals surface area contributed by atoms with Crippen LogP contribution >= 0.6 is 0 Å². The van der Waals surface area contributed by atoms with Crippen molar-refractivity contribution in [2.75, 3.05) is 39.3 Å². The fourth-order valence-corrected chi connectivity index (χ4v) is 2.42. The summed E-state index contributed by atoms with van der Waals surface area (Å²) in [6.45, 7) is 5.08. The molecule has 0 aromatic heterocycles. The number of halogens is 1. The molecule has 1 aromatic carbocycles. The molecule has 2 N–H and O–H groups in total. The largest absolute Gasteiger partial charge is 0.340 e. The number of carbonyl (C=O) groups is 1. The standard InChI is InChI=1S/C15H22FN3O/c16-14-4-2-13(3-5-14)12-15(20)19-10-8-18(9-11-19)7-1-6-17/h2-5H,1,6-12,17H2. The van der Waals surface area contributed by atoms with Gasteiger partial charge in [-0.2, -0.15) is 0 Å². The molecule has 1 saturated heterocycles. The highest BCUT2D eigenvalue weighted by molar-refractivity contribution is 5.78. The van der Waals surface area contributed by atoms with Crippen molar-refractivity contribution < 1.29 is 9.18 Å². The van der Waals surface area contributed by atoms with Crippen LogP contribution in [-0.4, -0.2) is 55.0 Å². The van der Waals surface area contributed by atoms with Gasteiger partial charge in [0.25, 0.3) is 0 Å². The number of rotatable bonds is 5. The van der Waals surface area contributed by atoms with E-state index in [0.29, 0.717) is 13.0 Å². The van der Waals surface area contributed by atoms with Crippen molar-refractivity contribution in [1.82, 2.24) is 9.80 Å². The molecule has 110 valence electrons. The number of hydrogen-bond donors (Lipinski definition) is 1. The fraction of sp³-hybridized carbons (Fsp3) is 0.533. The van der Waals surface area contributed by atoms with Gasteiger partial charge in [0.05, 0.1) is 6.42 Å². The van der Waals surface area contributed by atoms with Gasteiger partial charge in [-0.1, -0.05) is 12.1 Å². The van der Waals surface area contributed by atoms with Crippen molar-refractivity contribution >= 4 is 5.91 Å². The zero-order valence-electron chi connectivity index (χ0n) is 11.7. The van der Waals surface area contributed by atoms with E-state index in [1.807, 2.05) is 4.90 Å². The quantitative estimate of drug-likeness (QED) is 0.870. The van der Waals surface area contributed by atoms with Crippen LogP contribution in [0.3, 0.4) is 0 Å². The van der Waals surface area contributed by atoms with Crippen LogP contribution in [0.4, 0.5) is 4.39 Å². The first-order valence-corrected chi connectivity index (χ1v) is 7.13. The van der Waals surface area contributed by atoms with Gasteiger partial charge >= 0.3 is 0 Å². The molecule has 4 nitrogen and oxygen atoms in total. The van der Waals surface area contributed by atoms with Crippen molar-refractivity contribution in [3.8, 4) is 0 Å². The Bertz CT molecular complexity index is 427. The Morgan fingerprint density at radius 1 is 1.15 bits per heavy atom. The van der Waals surface area contributed by atoms with Gasteiger partial charge in [-0.05, 0) is 37.2 Å². The molecule has 0 spiro atoms. The highest BCUT2D eigenvalue weighted by atomic mass is 19.1. The van der Waals surface area contributed by atoms with Crippen LogP contribution in [0.1, 0.15) is 12.0 Å². The Morgan fingerprint density at radius 2 is 1.80 bits per heavy atom. The zero-order valence-corrected chi connectivity index (χ0v) is 11.7. The van der Waals surface area contributed by atoms with Crippen molar-refractivity contribution in [3.05, 3.63) is 35.6 Å². The number of hydrogen-bond acceptors (Lipinski definition) is 3. The summed E-state index contributed by atoms with van der Waals surface area (Å²) < 4.78 is 12.8. The van der Waals surface area contributed by atoms with E-state index in [0.717, 1.165) is 44.7 Å². The topological polar surface area (TPSA) is 49.6 Å². The van der Waals surface area contributed by atoms with Crippen LogP contribution in [0.15, 0.2) is 24.3 Å². The Labute approximate surface area is 119 Å². The summed E-state index contributed by atoms with van der Waals surface area (Å²) in [6, 6.07) is 6.14. The second kappa shape index (κ2) is 7.36. The second-order valence-electron chi connectivity index (χ2n) is 5.17. The van der Waals surface area contributed by atoms with Gasteiger partial charge in [0.2, 0.25) is 5.91 Å². The summed E-state index contributed by atoms with van der Waals surface area (Å²) in [5.41, 5.74) is 6.36. The van der Waals surface area contributed by atoms with Gasteiger partial charge in [0, 0.05) is 26.2 Å². The maximum Gasteiger partial charge on any atom is 0.227 e. The van der Waals surface area contributed by atoms with E-state index in [4.69, 9.17) is 5.73 Å². The lowest BCUT2D eigenvalue weighted by molar-refractivity contribution is -0.132. The average molecular weight is 279 g/mol. The van der Waals surface area contributed by atoms with Crippen LogP contribution in [0, 0.1) is 5.82 Å². The van der Waals surface area contributed by atoms with Gasteiger partial charge in [0.1, 0.15) is 5.82 Å².